The van der Waals surface area contributed by atoms with Crippen molar-refractivity contribution in [2.75, 3.05) is 6.54 Å². The molecule has 1 saturated heterocycles. The molecule has 1 aliphatic rings. The van der Waals surface area contributed by atoms with Crippen molar-refractivity contribution in [2.45, 2.75) is 18.6 Å². The quantitative estimate of drug-likeness (QED) is 0.630. The Morgan fingerprint density at radius 3 is 2.59 bits per heavy atom. The normalized spacial score (nSPS) is 16.0. The van der Waals surface area contributed by atoms with Crippen LogP contribution in [0.25, 0.3) is 11.3 Å². The van der Waals surface area contributed by atoms with Gasteiger partial charge >= 0.3 is 6.18 Å². The maximum atomic E-state index is 12.8. The van der Waals surface area contributed by atoms with Crippen molar-refractivity contribution in [3.63, 3.8) is 0 Å². The van der Waals surface area contributed by atoms with Gasteiger partial charge in [0.1, 0.15) is 11.8 Å². The molecule has 8 nitrogen and oxygen atoms in total. The van der Waals surface area contributed by atoms with Gasteiger partial charge in [0, 0.05) is 26.0 Å². The maximum absolute atomic E-state index is 12.8. The molecule has 3 aromatic rings. The molecule has 11 heteroatoms. The van der Waals surface area contributed by atoms with Crippen molar-refractivity contribution in [1.29, 1.82) is 0 Å². The van der Waals surface area contributed by atoms with Gasteiger partial charge in [-0.2, -0.15) is 18.3 Å². The first-order chi connectivity index (χ1) is 15.2. The van der Waals surface area contributed by atoms with Crippen molar-refractivity contribution in [3.05, 3.63) is 59.9 Å². The van der Waals surface area contributed by atoms with Gasteiger partial charge in [0.05, 0.1) is 22.4 Å². The number of ether oxygens (including phenoxy) is 1. The van der Waals surface area contributed by atoms with Crippen LogP contribution in [-0.2, 0) is 18.0 Å². The first-order valence-electron chi connectivity index (χ1n) is 9.64. The third-order valence-electron chi connectivity index (χ3n) is 4.85. The second-order valence-corrected chi connectivity index (χ2v) is 7.18. The number of aromatic nitrogens is 3. The Balaban J connectivity index is 1.63. The van der Waals surface area contributed by atoms with Gasteiger partial charge < -0.3 is 15.4 Å². The molecule has 1 atom stereocenters. The predicted octanol–water partition coefficient (Wildman–Crippen LogP) is 2.91. The molecule has 0 aliphatic carbocycles. The minimum absolute atomic E-state index is 0.0682. The number of pyridine rings is 1. The van der Waals surface area contributed by atoms with E-state index in [0.29, 0.717) is 24.2 Å². The lowest BCUT2D eigenvalue weighted by molar-refractivity contribution is -0.137. The largest absolute Gasteiger partial charge is 0.438 e. The molecule has 32 heavy (non-hydrogen) atoms. The van der Waals surface area contributed by atoms with Crippen molar-refractivity contribution in [3.8, 4) is 22.9 Å². The van der Waals surface area contributed by atoms with E-state index < -0.39 is 23.7 Å². The van der Waals surface area contributed by atoms with E-state index in [4.69, 9.17) is 4.74 Å². The molecule has 166 valence electrons. The van der Waals surface area contributed by atoms with Gasteiger partial charge in [-0.05, 0) is 42.8 Å². The fraction of sp³-hybridized carbons (Fsp3) is 0.238. The van der Waals surface area contributed by atoms with Crippen LogP contribution >= 0.6 is 0 Å². The van der Waals surface area contributed by atoms with E-state index in [1.807, 2.05) is 0 Å². The van der Waals surface area contributed by atoms with Gasteiger partial charge in [-0.3, -0.25) is 14.3 Å². The zero-order valence-electron chi connectivity index (χ0n) is 16.8. The van der Waals surface area contributed by atoms with Crippen molar-refractivity contribution in [2.24, 2.45) is 7.05 Å². The minimum Gasteiger partial charge on any atom is -0.438 e. The van der Waals surface area contributed by atoms with Gasteiger partial charge in [-0.15, -0.1) is 0 Å². The summed E-state index contributed by atoms with van der Waals surface area (Å²) in [6.07, 6.45) is -1.01. The number of benzene rings is 1. The van der Waals surface area contributed by atoms with E-state index >= 15 is 0 Å². The summed E-state index contributed by atoms with van der Waals surface area (Å²) < 4.78 is 45.6. The summed E-state index contributed by atoms with van der Waals surface area (Å²) in [6.45, 7) is 0.487. The SMILES string of the molecule is Cn1ccc(-c2cc(C(=O)N[C@@H]3CCNC3=O)cnc2Oc2ccc(C(F)(F)F)cc2)n1. The first kappa shape index (κ1) is 21.3. The number of aryl methyl sites for hydroxylation is 1. The highest BCUT2D eigenvalue weighted by molar-refractivity contribution is 5.98. The van der Waals surface area contributed by atoms with Crippen LogP contribution in [-0.4, -0.2) is 39.2 Å². The number of nitrogens with one attached hydrogen (secondary N) is 2. The van der Waals surface area contributed by atoms with Crippen LogP contribution in [0.5, 0.6) is 11.6 Å². The van der Waals surface area contributed by atoms with Crippen LogP contribution < -0.4 is 15.4 Å². The summed E-state index contributed by atoms with van der Waals surface area (Å²) in [7, 11) is 1.71. The topological polar surface area (TPSA) is 98.1 Å². The summed E-state index contributed by atoms with van der Waals surface area (Å²) in [5.74, 6) is -0.530. The summed E-state index contributed by atoms with van der Waals surface area (Å²) in [5.41, 5.74) is 0.208. The number of halogens is 3. The Bertz CT molecular complexity index is 1160. The zero-order chi connectivity index (χ0) is 22.9. The highest BCUT2D eigenvalue weighted by atomic mass is 19.4. The molecular formula is C21H18F3N5O3. The molecular weight excluding hydrogens is 427 g/mol. The second-order valence-electron chi connectivity index (χ2n) is 7.18. The molecule has 0 radical (unpaired) electrons. The Morgan fingerprint density at radius 1 is 1.25 bits per heavy atom. The standard InChI is InChI=1S/C21H18F3N5O3/c1-29-9-7-16(28-29)15-10-12(18(30)27-17-6-8-25-19(17)31)11-26-20(15)32-14-4-2-13(3-5-14)21(22,23)24/h2-5,7,9-11,17H,6,8H2,1H3,(H,25,31)(H,27,30)/t17-/m1/s1. The molecule has 2 N–H and O–H groups in total. The number of amides is 2. The van der Waals surface area contributed by atoms with Crippen LogP contribution in [0.1, 0.15) is 22.3 Å². The number of hydrogen-bond donors (Lipinski definition) is 2. The molecule has 1 fully saturated rings. The van der Waals surface area contributed by atoms with E-state index in [2.05, 4.69) is 20.7 Å². The lowest BCUT2D eigenvalue weighted by atomic mass is 10.1. The molecule has 1 aromatic carbocycles. The fourth-order valence-corrected chi connectivity index (χ4v) is 3.20. The van der Waals surface area contributed by atoms with Crippen LogP contribution in [0.15, 0.2) is 48.8 Å². The summed E-state index contributed by atoms with van der Waals surface area (Å²) in [6, 6.07) is 6.76. The molecule has 4 rings (SSSR count). The van der Waals surface area contributed by atoms with E-state index in [-0.39, 0.29) is 23.1 Å². The summed E-state index contributed by atoms with van der Waals surface area (Å²) in [5, 5.41) is 9.60. The predicted molar refractivity (Wildman–Crippen MR) is 107 cm³/mol. The Hall–Kier alpha value is -3.89. The van der Waals surface area contributed by atoms with E-state index in [1.54, 1.807) is 24.0 Å². The monoisotopic (exact) mass is 445 g/mol. The smallest absolute Gasteiger partial charge is 0.416 e. The van der Waals surface area contributed by atoms with Gasteiger partial charge in [-0.1, -0.05) is 0 Å². The molecule has 0 spiro atoms. The van der Waals surface area contributed by atoms with Crippen LogP contribution in [0.4, 0.5) is 13.2 Å². The van der Waals surface area contributed by atoms with Gasteiger partial charge in [0.15, 0.2) is 0 Å². The van der Waals surface area contributed by atoms with Crippen molar-refractivity contribution >= 4 is 11.8 Å². The average molecular weight is 445 g/mol. The molecule has 1 aliphatic heterocycles. The number of carbonyl (C=O) groups is 2. The van der Waals surface area contributed by atoms with Gasteiger partial charge in [-0.25, -0.2) is 4.98 Å². The third kappa shape index (κ3) is 4.56. The van der Waals surface area contributed by atoms with E-state index in [1.165, 1.54) is 24.4 Å². The fourth-order valence-electron chi connectivity index (χ4n) is 3.20. The third-order valence-corrected chi connectivity index (χ3v) is 4.85. The number of nitrogens with zero attached hydrogens (tertiary/aromatic N) is 3. The highest BCUT2D eigenvalue weighted by Crippen LogP contribution is 2.34. The Morgan fingerprint density at radius 2 is 2.00 bits per heavy atom. The number of alkyl halides is 3. The van der Waals surface area contributed by atoms with Gasteiger partial charge in [0.25, 0.3) is 5.91 Å². The van der Waals surface area contributed by atoms with Crippen LogP contribution in [0.2, 0.25) is 0 Å². The van der Waals surface area contributed by atoms with Crippen molar-refractivity contribution in [1.82, 2.24) is 25.4 Å². The highest BCUT2D eigenvalue weighted by Gasteiger charge is 2.30. The number of carbonyl (C=O) groups excluding carboxylic acids is 2. The van der Waals surface area contributed by atoms with Crippen molar-refractivity contribution < 1.29 is 27.5 Å². The molecule has 2 aromatic heterocycles. The maximum Gasteiger partial charge on any atom is 0.416 e. The molecule has 0 saturated carbocycles. The summed E-state index contributed by atoms with van der Waals surface area (Å²) >= 11 is 0. The Labute approximate surface area is 180 Å². The van der Waals surface area contributed by atoms with E-state index in [0.717, 1.165) is 12.1 Å². The van der Waals surface area contributed by atoms with Crippen LogP contribution in [0, 0.1) is 0 Å². The molecule has 2 amide bonds. The number of rotatable bonds is 5. The molecule has 0 bridgehead atoms. The lowest BCUT2D eigenvalue weighted by Gasteiger charge is -2.13. The van der Waals surface area contributed by atoms with Gasteiger partial charge in [0.2, 0.25) is 11.8 Å². The van der Waals surface area contributed by atoms with E-state index in [9.17, 15) is 22.8 Å². The Kier molecular flexibility index (Phi) is 5.56. The first-order valence-corrected chi connectivity index (χ1v) is 9.64. The minimum atomic E-state index is -4.46. The zero-order valence-corrected chi connectivity index (χ0v) is 16.8. The number of hydrogen-bond acceptors (Lipinski definition) is 5. The average Bonchev–Trinajstić information content (AvgIpc) is 3.36. The van der Waals surface area contributed by atoms with Crippen LogP contribution in [0.3, 0.4) is 0 Å². The molecule has 3 heterocycles. The molecule has 0 unspecified atom stereocenters. The summed E-state index contributed by atoms with van der Waals surface area (Å²) in [4.78, 5) is 28.6. The lowest BCUT2D eigenvalue weighted by Crippen LogP contribution is -2.40. The second kappa shape index (κ2) is 8.33.